The minimum atomic E-state index is -2.96. The molecule has 1 unspecified atom stereocenters. The third kappa shape index (κ3) is 3.01. The maximum Gasteiger partial charge on any atom is 0.387 e. The van der Waals surface area contributed by atoms with Crippen LogP contribution in [0.15, 0.2) is 41.0 Å². The lowest BCUT2D eigenvalue weighted by molar-refractivity contribution is -0.0513. The zero-order chi connectivity index (χ0) is 17.4. The van der Waals surface area contributed by atoms with Crippen LogP contribution in [0.5, 0.6) is 5.75 Å². The van der Waals surface area contributed by atoms with E-state index in [1.165, 1.54) is 6.07 Å². The van der Waals surface area contributed by atoms with Gasteiger partial charge in [-0.2, -0.15) is 8.78 Å². The normalized spacial score (nSPS) is 12.8. The van der Waals surface area contributed by atoms with Crippen LogP contribution in [0.3, 0.4) is 0 Å². The van der Waals surface area contributed by atoms with Gasteiger partial charge in [-0.3, -0.25) is 4.40 Å². The Morgan fingerprint density at radius 3 is 2.67 bits per heavy atom. The van der Waals surface area contributed by atoms with E-state index in [2.05, 4.69) is 25.7 Å². The quantitative estimate of drug-likeness (QED) is 0.710. The molecule has 24 heavy (non-hydrogen) atoms. The summed E-state index contributed by atoms with van der Waals surface area (Å²) in [6.07, 6.45) is 0.657. The van der Waals surface area contributed by atoms with Crippen molar-refractivity contribution in [3.05, 3.63) is 63.5 Å². The molecule has 0 spiro atoms. The number of para-hydroxylation sites is 1. The number of aliphatic hydroxyl groups is 1. The average Bonchev–Trinajstić information content (AvgIpc) is 2.82. The summed E-state index contributed by atoms with van der Waals surface area (Å²) in [5.41, 5.74) is 3.08. The summed E-state index contributed by atoms with van der Waals surface area (Å²) in [6.45, 7) is 0.750. The predicted molar refractivity (Wildman–Crippen MR) is 89.5 cm³/mol. The minimum absolute atomic E-state index is 0.0551. The van der Waals surface area contributed by atoms with Crippen molar-refractivity contribution in [2.75, 3.05) is 0 Å². The number of fused-ring (bicyclic) bond motifs is 1. The van der Waals surface area contributed by atoms with E-state index >= 15 is 0 Å². The Morgan fingerprint density at radius 1 is 1.25 bits per heavy atom. The van der Waals surface area contributed by atoms with E-state index in [1.54, 1.807) is 35.7 Å². The van der Waals surface area contributed by atoms with Crippen LogP contribution < -0.4 is 4.74 Å². The fourth-order valence-electron chi connectivity index (χ4n) is 2.68. The predicted octanol–water partition coefficient (Wildman–Crippen LogP) is 4.40. The largest absolute Gasteiger partial charge is 0.434 e. The molecule has 126 valence electrons. The minimum Gasteiger partial charge on any atom is -0.434 e. The molecule has 0 amide bonds. The Kier molecular flexibility index (Phi) is 4.56. The Morgan fingerprint density at radius 2 is 1.96 bits per heavy atom. The average molecular weight is 397 g/mol. The van der Waals surface area contributed by atoms with Gasteiger partial charge in [-0.25, -0.2) is 4.98 Å². The Labute approximate surface area is 145 Å². The summed E-state index contributed by atoms with van der Waals surface area (Å²) >= 11 is 3.46. The number of nitrogens with zero attached hydrogens (tertiary/aromatic N) is 2. The van der Waals surface area contributed by atoms with E-state index < -0.39 is 12.7 Å². The third-order valence-electron chi connectivity index (χ3n) is 3.81. The molecule has 7 heteroatoms. The van der Waals surface area contributed by atoms with Crippen LogP contribution in [-0.4, -0.2) is 21.1 Å². The number of aromatic nitrogens is 2. The van der Waals surface area contributed by atoms with Gasteiger partial charge in [-0.15, -0.1) is 0 Å². The van der Waals surface area contributed by atoms with Gasteiger partial charge in [0.2, 0.25) is 0 Å². The van der Waals surface area contributed by atoms with Crippen LogP contribution in [0.2, 0.25) is 0 Å². The van der Waals surface area contributed by atoms with E-state index in [-0.39, 0.29) is 11.3 Å². The van der Waals surface area contributed by atoms with Crippen LogP contribution in [0, 0.1) is 13.8 Å². The number of aryl methyl sites for hydroxylation is 2. The highest BCUT2D eigenvalue weighted by Gasteiger charge is 2.23. The summed E-state index contributed by atoms with van der Waals surface area (Å²) in [5.74, 6) is -0.0551. The number of pyridine rings is 1. The molecule has 3 rings (SSSR count). The number of hydrogen-bond donors (Lipinski definition) is 1. The molecule has 0 aliphatic rings. The number of ether oxygens (including phenoxy) is 1. The molecule has 1 N–H and O–H groups in total. The molecular formula is C17H15BrF2N2O2. The van der Waals surface area contributed by atoms with Crippen molar-refractivity contribution >= 4 is 21.6 Å². The molecule has 0 aliphatic carbocycles. The first-order chi connectivity index (χ1) is 11.4. The number of rotatable bonds is 4. The van der Waals surface area contributed by atoms with Crippen molar-refractivity contribution in [3.8, 4) is 5.75 Å². The van der Waals surface area contributed by atoms with Crippen molar-refractivity contribution in [3.63, 3.8) is 0 Å². The second kappa shape index (κ2) is 6.49. The van der Waals surface area contributed by atoms with Gasteiger partial charge in [0.25, 0.3) is 0 Å². The highest BCUT2D eigenvalue weighted by Crippen LogP contribution is 2.33. The molecule has 0 aliphatic heterocycles. The number of aliphatic hydroxyl groups excluding tert-OH is 1. The summed E-state index contributed by atoms with van der Waals surface area (Å²) < 4.78 is 32.3. The fourth-order valence-corrected chi connectivity index (χ4v) is 3.00. The lowest BCUT2D eigenvalue weighted by Crippen LogP contribution is -2.10. The zero-order valence-corrected chi connectivity index (χ0v) is 14.6. The summed E-state index contributed by atoms with van der Waals surface area (Å²) in [7, 11) is 0. The molecular weight excluding hydrogens is 382 g/mol. The Bertz CT molecular complexity index is 896. The number of hydrogen-bond acceptors (Lipinski definition) is 3. The summed E-state index contributed by atoms with van der Waals surface area (Å²) in [6, 6.07) is 8.09. The second-order valence-electron chi connectivity index (χ2n) is 5.43. The molecule has 2 aromatic heterocycles. The van der Waals surface area contributed by atoms with Crippen LogP contribution in [-0.2, 0) is 0 Å². The van der Waals surface area contributed by atoms with Crippen LogP contribution in [0.25, 0.3) is 5.65 Å². The maximum absolute atomic E-state index is 12.6. The van der Waals surface area contributed by atoms with Gasteiger partial charge >= 0.3 is 6.61 Å². The summed E-state index contributed by atoms with van der Waals surface area (Å²) in [4.78, 5) is 4.45. The van der Waals surface area contributed by atoms with Gasteiger partial charge in [0, 0.05) is 16.2 Å². The smallest absolute Gasteiger partial charge is 0.387 e. The molecule has 1 aromatic carbocycles. The number of alkyl halides is 2. The molecule has 2 heterocycles. The van der Waals surface area contributed by atoms with Crippen LogP contribution in [0.4, 0.5) is 8.78 Å². The topological polar surface area (TPSA) is 46.8 Å². The molecule has 0 fully saturated rings. The number of benzene rings is 1. The van der Waals surface area contributed by atoms with E-state index in [0.29, 0.717) is 17.0 Å². The van der Waals surface area contributed by atoms with Gasteiger partial charge in [-0.1, -0.05) is 18.2 Å². The first-order valence-electron chi connectivity index (χ1n) is 7.25. The van der Waals surface area contributed by atoms with Gasteiger partial charge < -0.3 is 9.84 Å². The highest BCUT2D eigenvalue weighted by molar-refractivity contribution is 9.10. The molecule has 0 saturated carbocycles. The SMILES string of the molecule is Cc1cc2nc(C)c(C(O)c3ccccc3OC(F)F)n2cc1Br. The van der Waals surface area contributed by atoms with Crippen LogP contribution in [0.1, 0.15) is 28.6 Å². The van der Waals surface area contributed by atoms with Gasteiger partial charge in [0.05, 0.1) is 11.4 Å². The number of imidazole rings is 1. The first kappa shape index (κ1) is 16.9. The van der Waals surface area contributed by atoms with Gasteiger partial charge in [0.1, 0.15) is 17.5 Å². The van der Waals surface area contributed by atoms with E-state index in [9.17, 15) is 13.9 Å². The van der Waals surface area contributed by atoms with Crippen molar-refractivity contribution in [1.82, 2.24) is 9.38 Å². The second-order valence-corrected chi connectivity index (χ2v) is 6.29. The van der Waals surface area contributed by atoms with Crippen LogP contribution >= 0.6 is 15.9 Å². The highest BCUT2D eigenvalue weighted by atomic mass is 79.9. The third-order valence-corrected chi connectivity index (χ3v) is 4.64. The lowest BCUT2D eigenvalue weighted by atomic mass is 10.0. The van der Waals surface area contributed by atoms with Crippen molar-refractivity contribution < 1.29 is 18.6 Å². The molecule has 4 nitrogen and oxygen atoms in total. The Hall–Kier alpha value is -1.99. The van der Waals surface area contributed by atoms with E-state index in [1.807, 2.05) is 13.0 Å². The Balaban J connectivity index is 2.14. The lowest BCUT2D eigenvalue weighted by Gasteiger charge is -2.16. The molecule has 0 bridgehead atoms. The molecule has 1 atom stereocenters. The van der Waals surface area contributed by atoms with Gasteiger partial charge in [-0.05, 0) is 47.5 Å². The zero-order valence-electron chi connectivity index (χ0n) is 13.0. The van der Waals surface area contributed by atoms with Crippen molar-refractivity contribution in [2.24, 2.45) is 0 Å². The van der Waals surface area contributed by atoms with E-state index in [0.717, 1.165) is 10.0 Å². The maximum atomic E-state index is 12.6. The standard InChI is InChI=1S/C17H15BrF2N2O2/c1-9-7-14-21-10(2)15(22(14)8-12(9)18)16(23)11-5-3-4-6-13(11)24-17(19)20/h3-8,16-17,23H,1-2H3. The monoisotopic (exact) mass is 396 g/mol. The van der Waals surface area contributed by atoms with Gasteiger partial charge in [0.15, 0.2) is 0 Å². The van der Waals surface area contributed by atoms with Crippen molar-refractivity contribution in [2.45, 2.75) is 26.6 Å². The van der Waals surface area contributed by atoms with Crippen molar-refractivity contribution in [1.29, 1.82) is 0 Å². The molecule has 3 aromatic rings. The number of halogens is 3. The molecule has 0 saturated heterocycles. The fraction of sp³-hybridized carbons (Fsp3) is 0.235. The molecule has 0 radical (unpaired) electrons. The van der Waals surface area contributed by atoms with E-state index in [4.69, 9.17) is 0 Å². The first-order valence-corrected chi connectivity index (χ1v) is 8.04. The summed E-state index contributed by atoms with van der Waals surface area (Å²) in [5, 5.41) is 10.8.